The quantitative estimate of drug-likeness (QED) is 0.405. The van der Waals surface area contributed by atoms with Gasteiger partial charge in [-0.05, 0) is 41.5 Å². The Morgan fingerprint density at radius 3 is 2.39 bits per heavy atom. The third-order valence-corrected chi connectivity index (χ3v) is 5.51. The van der Waals surface area contributed by atoms with Gasteiger partial charge < -0.3 is 4.74 Å². The highest BCUT2D eigenvalue weighted by Crippen LogP contribution is 2.36. The van der Waals surface area contributed by atoms with Crippen LogP contribution in [-0.4, -0.2) is 10.2 Å². The van der Waals surface area contributed by atoms with Crippen molar-refractivity contribution in [1.82, 2.24) is 0 Å². The highest BCUT2D eigenvalue weighted by atomic mass is 32.2. The molecule has 0 atom stereocenters. The zero-order chi connectivity index (χ0) is 19.3. The van der Waals surface area contributed by atoms with E-state index in [0.29, 0.717) is 15.8 Å². The predicted molar refractivity (Wildman–Crippen MR) is 119 cm³/mol. The fourth-order valence-electron chi connectivity index (χ4n) is 2.85. The van der Waals surface area contributed by atoms with Crippen LogP contribution in [0.25, 0.3) is 6.08 Å². The predicted octanol–water partition coefficient (Wildman–Crippen LogP) is 5.67. The normalized spacial score (nSPS) is 15.3. The molecule has 3 aromatic carbocycles. The van der Waals surface area contributed by atoms with Crippen molar-refractivity contribution in [2.45, 2.75) is 6.61 Å². The van der Waals surface area contributed by atoms with E-state index in [2.05, 4.69) is 0 Å². The Kier molecular flexibility index (Phi) is 5.55. The molecule has 3 nitrogen and oxygen atoms in total. The summed E-state index contributed by atoms with van der Waals surface area (Å²) in [6.07, 6.45) is 1.86. The zero-order valence-electron chi connectivity index (χ0n) is 14.9. The van der Waals surface area contributed by atoms with Crippen molar-refractivity contribution in [3.63, 3.8) is 0 Å². The van der Waals surface area contributed by atoms with E-state index >= 15 is 0 Å². The number of hydrogen-bond acceptors (Lipinski definition) is 4. The average Bonchev–Trinajstić information content (AvgIpc) is 3.01. The Balaban J connectivity index is 1.51. The molecular weight excluding hydrogens is 386 g/mol. The standard InChI is InChI=1S/C23H17NO2S2/c25-22-21(28-23(27)24(22)19-11-5-2-6-12-19)15-18-10-7-13-20(14-18)26-16-17-8-3-1-4-9-17/h1-15H,16H2/b21-15+. The summed E-state index contributed by atoms with van der Waals surface area (Å²) >= 11 is 6.73. The molecule has 1 amide bonds. The van der Waals surface area contributed by atoms with Gasteiger partial charge in [-0.25, -0.2) is 0 Å². The summed E-state index contributed by atoms with van der Waals surface area (Å²) in [4.78, 5) is 15.0. The second-order valence-corrected chi connectivity index (χ2v) is 7.88. The Hall–Kier alpha value is -2.89. The molecule has 1 fully saturated rings. The van der Waals surface area contributed by atoms with Crippen LogP contribution in [0.5, 0.6) is 5.75 Å². The molecule has 28 heavy (non-hydrogen) atoms. The fraction of sp³-hybridized carbons (Fsp3) is 0.0435. The molecule has 3 aromatic rings. The Morgan fingerprint density at radius 1 is 0.929 bits per heavy atom. The third kappa shape index (κ3) is 4.16. The molecule has 5 heteroatoms. The van der Waals surface area contributed by atoms with E-state index < -0.39 is 0 Å². The summed E-state index contributed by atoms with van der Waals surface area (Å²) in [5.74, 6) is 0.660. The van der Waals surface area contributed by atoms with Gasteiger partial charge in [-0.2, -0.15) is 0 Å². The number of benzene rings is 3. The maximum atomic E-state index is 12.8. The molecule has 0 aromatic heterocycles. The second-order valence-electron chi connectivity index (χ2n) is 6.20. The summed E-state index contributed by atoms with van der Waals surface area (Å²) in [6.45, 7) is 0.500. The molecule has 0 unspecified atom stereocenters. The van der Waals surface area contributed by atoms with E-state index in [1.807, 2.05) is 91.0 Å². The van der Waals surface area contributed by atoms with Crippen molar-refractivity contribution in [3.8, 4) is 5.75 Å². The van der Waals surface area contributed by atoms with Gasteiger partial charge >= 0.3 is 0 Å². The molecule has 1 aliphatic rings. The molecule has 4 rings (SSSR count). The summed E-state index contributed by atoms with van der Waals surface area (Å²) < 4.78 is 6.42. The van der Waals surface area contributed by atoms with Crippen molar-refractivity contribution < 1.29 is 9.53 Å². The SMILES string of the molecule is O=C1/C(=C\c2cccc(OCc3ccccc3)c2)SC(=S)N1c1ccccc1. The van der Waals surface area contributed by atoms with Crippen LogP contribution >= 0.6 is 24.0 Å². The number of thioether (sulfide) groups is 1. The average molecular weight is 404 g/mol. The van der Waals surface area contributed by atoms with E-state index in [1.165, 1.54) is 11.8 Å². The molecule has 1 saturated heterocycles. The highest BCUT2D eigenvalue weighted by molar-refractivity contribution is 8.27. The second kappa shape index (κ2) is 8.42. The van der Waals surface area contributed by atoms with Crippen LogP contribution < -0.4 is 9.64 Å². The van der Waals surface area contributed by atoms with Crippen LogP contribution in [-0.2, 0) is 11.4 Å². The highest BCUT2D eigenvalue weighted by Gasteiger charge is 2.33. The van der Waals surface area contributed by atoms with Crippen molar-refractivity contribution in [3.05, 3.63) is 101 Å². The zero-order valence-corrected chi connectivity index (χ0v) is 16.6. The maximum Gasteiger partial charge on any atom is 0.270 e. The first-order valence-corrected chi connectivity index (χ1v) is 10.0. The van der Waals surface area contributed by atoms with Gasteiger partial charge in [-0.1, -0.05) is 84.6 Å². The van der Waals surface area contributed by atoms with E-state index in [1.54, 1.807) is 4.90 Å². The Labute approximate surface area is 173 Å². The van der Waals surface area contributed by atoms with Gasteiger partial charge in [0.15, 0.2) is 4.32 Å². The number of carbonyl (C=O) groups excluding carboxylic acids is 1. The van der Waals surface area contributed by atoms with Crippen LogP contribution in [0.15, 0.2) is 89.8 Å². The smallest absolute Gasteiger partial charge is 0.270 e. The van der Waals surface area contributed by atoms with Gasteiger partial charge in [0, 0.05) is 0 Å². The van der Waals surface area contributed by atoms with Gasteiger partial charge in [0.2, 0.25) is 0 Å². The first-order valence-electron chi connectivity index (χ1n) is 8.80. The third-order valence-electron chi connectivity index (χ3n) is 4.21. The molecule has 0 aliphatic carbocycles. The van der Waals surface area contributed by atoms with E-state index in [4.69, 9.17) is 17.0 Å². The minimum Gasteiger partial charge on any atom is -0.489 e. The first kappa shape index (κ1) is 18.5. The Morgan fingerprint density at radius 2 is 1.64 bits per heavy atom. The van der Waals surface area contributed by atoms with E-state index in [0.717, 1.165) is 22.6 Å². The molecule has 1 heterocycles. The van der Waals surface area contributed by atoms with Gasteiger partial charge in [0.25, 0.3) is 5.91 Å². The lowest BCUT2D eigenvalue weighted by atomic mass is 10.2. The summed E-state index contributed by atoms with van der Waals surface area (Å²) in [5.41, 5.74) is 2.80. The van der Waals surface area contributed by atoms with Gasteiger partial charge in [-0.15, -0.1) is 0 Å². The molecule has 138 valence electrons. The van der Waals surface area contributed by atoms with Gasteiger partial charge in [-0.3, -0.25) is 9.69 Å². The van der Waals surface area contributed by atoms with Gasteiger partial charge in [0.1, 0.15) is 12.4 Å². The van der Waals surface area contributed by atoms with Crippen molar-refractivity contribution >= 4 is 46.0 Å². The number of rotatable bonds is 5. The summed E-state index contributed by atoms with van der Waals surface area (Å²) in [5, 5.41) is 0. The number of anilines is 1. The van der Waals surface area contributed by atoms with Crippen LogP contribution in [0.4, 0.5) is 5.69 Å². The Bertz CT molecular complexity index is 1030. The van der Waals surface area contributed by atoms with Crippen molar-refractivity contribution in [2.24, 2.45) is 0 Å². The number of thiocarbonyl (C=S) groups is 1. The van der Waals surface area contributed by atoms with Crippen LogP contribution in [0.1, 0.15) is 11.1 Å². The lowest BCUT2D eigenvalue weighted by Crippen LogP contribution is -2.27. The molecule has 0 saturated carbocycles. The number of nitrogens with zero attached hydrogens (tertiary/aromatic N) is 1. The van der Waals surface area contributed by atoms with Gasteiger partial charge in [0.05, 0.1) is 10.6 Å². The number of ether oxygens (including phenoxy) is 1. The van der Waals surface area contributed by atoms with Crippen molar-refractivity contribution in [1.29, 1.82) is 0 Å². The lowest BCUT2D eigenvalue weighted by Gasteiger charge is -2.13. The largest absolute Gasteiger partial charge is 0.489 e. The molecule has 0 spiro atoms. The monoisotopic (exact) mass is 403 g/mol. The topological polar surface area (TPSA) is 29.5 Å². The summed E-state index contributed by atoms with van der Waals surface area (Å²) in [6, 6.07) is 27.2. The van der Waals surface area contributed by atoms with Crippen LogP contribution in [0.2, 0.25) is 0 Å². The lowest BCUT2D eigenvalue weighted by molar-refractivity contribution is -0.113. The molecule has 0 radical (unpaired) electrons. The molecule has 1 aliphatic heterocycles. The number of amides is 1. The van der Waals surface area contributed by atoms with Crippen molar-refractivity contribution in [2.75, 3.05) is 4.90 Å². The van der Waals surface area contributed by atoms with Crippen LogP contribution in [0, 0.1) is 0 Å². The number of carbonyl (C=O) groups is 1. The van der Waals surface area contributed by atoms with Crippen LogP contribution in [0.3, 0.4) is 0 Å². The minimum absolute atomic E-state index is 0.100. The molecule has 0 N–H and O–H groups in total. The van der Waals surface area contributed by atoms with E-state index in [9.17, 15) is 4.79 Å². The molecular formula is C23H17NO2S2. The minimum atomic E-state index is -0.100. The summed E-state index contributed by atoms with van der Waals surface area (Å²) in [7, 11) is 0. The number of hydrogen-bond donors (Lipinski definition) is 0. The fourth-order valence-corrected chi connectivity index (χ4v) is 4.15. The maximum absolute atomic E-state index is 12.8. The van der Waals surface area contributed by atoms with E-state index in [-0.39, 0.29) is 5.91 Å². The number of para-hydroxylation sites is 1. The first-order chi connectivity index (χ1) is 13.7. The molecule has 0 bridgehead atoms.